The van der Waals surface area contributed by atoms with Crippen LogP contribution in [0.25, 0.3) is 12.2 Å². The molecule has 0 N–H and O–H groups in total. The summed E-state index contributed by atoms with van der Waals surface area (Å²) >= 11 is 24.4. The van der Waals surface area contributed by atoms with E-state index < -0.39 is 31.3 Å². The van der Waals surface area contributed by atoms with Gasteiger partial charge in [-0.05, 0) is 0 Å². The van der Waals surface area contributed by atoms with Crippen molar-refractivity contribution in [2.45, 2.75) is 20.3 Å². The summed E-state index contributed by atoms with van der Waals surface area (Å²) in [7, 11) is -1.72. The van der Waals surface area contributed by atoms with Gasteiger partial charge in [-0.15, -0.1) is 0 Å². The van der Waals surface area contributed by atoms with E-state index in [2.05, 4.69) is 37.4 Å². The van der Waals surface area contributed by atoms with E-state index in [4.69, 9.17) is 46.4 Å². The summed E-state index contributed by atoms with van der Waals surface area (Å²) in [5.74, 6) is 0. The second-order valence-electron chi connectivity index (χ2n) is 7.65. The molecule has 0 amide bonds. The van der Waals surface area contributed by atoms with Crippen LogP contribution in [0.5, 0.6) is 0 Å². The summed E-state index contributed by atoms with van der Waals surface area (Å²) < 4.78 is 1.18. The Morgan fingerprint density at radius 1 is 0.679 bits per heavy atom. The molecule has 0 aromatic heterocycles. The molecule has 1 heterocycles. The van der Waals surface area contributed by atoms with E-state index in [1.54, 1.807) is 10.4 Å². The summed E-state index contributed by atoms with van der Waals surface area (Å²) in [6.45, 7) is 4.96. The van der Waals surface area contributed by atoms with Gasteiger partial charge in [0.15, 0.2) is 0 Å². The van der Waals surface area contributed by atoms with Crippen molar-refractivity contribution in [1.82, 2.24) is 0 Å². The molecule has 8 heteroatoms. The Labute approximate surface area is 210 Å². The Hall–Kier alpha value is 0.760. The minimum atomic E-state index is -1.72. The van der Waals surface area contributed by atoms with E-state index in [-0.39, 0.29) is 24.8 Å². The average molecular weight is 586 g/mol. The molecule has 5 rings (SSSR count). The topological polar surface area (TPSA) is 0 Å². The van der Waals surface area contributed by atoms with Crippen LogP contribution in [-0.4, -0.2) is 8.07 Å². The summed E-state index contributed by atoms with van der Waals surface area (Å²) in [5, 5.41) is 5.95. The second kappa shape index (κ2) is 8.03. The van der Waals surface area contributed by atoms with Gasteiger partial charge in [-0.25, -0.2) is 0 Å². The standard InChI is InChI=1S/C20H14Cl4Si.2ClH.Zr/c1-25(2,15-3-11-7-17(21)18(22)8-12(11)4-15)16-5-13-9-19(23)20(24)10-14(13)6-16;;;/h3-10H,1-2H3;2*1H;/q;;;+2/p-2. The average Bonchev–Trinajstić information content (AvgIpc) is 3.09. The Bertz CT molecular complexity index is 978. The molecule has 1 aliphatic heterocycles. The van der Waals surface area contributed by atoms with Crippen molar-refractivity contribution in [3.63, 3.8) is 0 Å². The SMILES string of the molecule is C[Si]1(C)C2=Cc3cc(Cl)c(Cl)cc3[CH]2[Zr+2][CH]2C1=Cc1cc(Cl)c(Cl)cc12.[Cl-].[Cl-]. The van der Waals surface area contributed by atoms with Gasteiger partial charge >= 0.3 is 187 Å². The minimum Gasteiger partial charge on any atom is -1.00 e. The zero-order valence-corrected chi connectivity index (χ0v) is 22.9. The molecule has 28 heavy (non-hydrogen) atoms. The zero-order valence-electron chi connectivity index (χ0n) is 14.9. The largest absolute Gasteiger partial charge is 1.00 e. The van der Waals surface area contributed by atoms with Crippen LogP contribution in [0.1, 0.15) is 29.5 Å². The fourth-order valence-electron chi connectivity index (χ4n) is 4.52. The molecule has 0 spiro atoms. The molecule has 2 aromatic carbocycles. The van der Waals surface area contributed by atoms with Gasteiger partial charge in [0.1, 0.15) is 0 Å². The molecule has 2 atom stereocenters. The van der Waals surface area contributed by atoms with Gasteiger partial charge in [-0.2, -0.15) is 0 Å². The number of hydrogen-bond acceptors (Lipinski definition) is 0. The first kappa shape index (κ1) is 23.4. The van der Waals surface area contributed by atoms with E-state index in [0.717, 1.165) is 0 Å². The second-order valence-corrected chi connectivity index (χ2v) is 17.3. The summed E-state index contributed by atoms with van der Waals surface area (Å²) in [4.78, 5) is 0. The number of rotatable bonds is 0. The molecule has 2 unspecified atom stereocenters. The maximum atomic E-state index is 6.36. The van der Waals surface area contributed by atoms with Crippen LogP contribution in [0, 0.1) is 0 Å². The van der Waals surface area contributed by atoms with Gasteiger partial charge < -0.3 is 24.8 Å². The Balaban J connectivity index is 0.00000112. The van der Waals surface area contributed by atoms with E-state index in [1.165, 1.54) is 22.3 Å². The van der Waals surface area contributed by atoms with Crippen molar-refractivity contribution >= 4 is 66.6 Å². The summed E-state index contributed by atoms with van der Waals surface area (Å²) in [5.41, 5.74) is 5.34. The first-order valence-electron chi connectivity index (χ1n) is 8.45. The molecule has 1 saturated heterocycles. The van der Waals surface area contributed by atoms with Crippen LogP contribution in [-0.2, 0) is 23.2 Å². The molecule has 1 fully saturated rings. The fourth-order valence-corrected chi connectivity index (χ4v) is 18.9. The molecular formula is C20H14Cl6SiZr. The van der Waals surface area contributed by atoms with E-state index in [9.17, 15) is 0 Å². The van der Waals surface area contributed by atoms with Crippen LogP contribution in [0.2, 0.25) is 33.2 Å². The van der Waals surface area contributed by atoms with E-state index >= 15 is 0 Å². The normalized spacial score (nSPS) is 22.1. The fraction of sp³-hybridized carbons (Fsp3) is 0.200. The minimum absolute atomic E-state index is 0. The third-order valence-corrected chi connectivity index (χ3v) is 17.2. The number of benzene rings is 2. The monoisotopic (exact) mass is 582 g/mol. The number of hydrogen-bond donors (Lipinski definition) is 0. The van der Waals surface area contributed by atoms with E-state index in [0.29, 0.717) is 27.3 Å². The first-order valence-corrected chi connectivity index (χ1v) is 15.8. The third kappa shape index (κ3) is 3.35. The molecule has 144 valence electrons. The van der Waals surface area contributed by atoms with Crippen LogP contribution in [0.15, 0.2) is 34.7 Å². The van der Waals surface area contributed by atoms with Crippen molar-refractivity contribution in [2.75, 3.05) is 0 Å². The summed E-state index contributed by atoms with van der Waals surface area (Å²) in [6.07, 6.45) is 4.82. The van der Waals surface area contributed by atoms with Gasteiger partial charge in [0, 0.05) is 0 Å². The Morgan fingerprint density at radius 3 is 1.43 bits per heavy atom. The summed E-state index contributed by atoms with van der Waals surface area (Å²) in [6, 6.07) is 8.31. The number of halogens is 6. The third-order valence-electron chi connectivity index (χ3n) is 5.89. The molecule has 0 radical (unpaired) electrons. The van der Waals surface area contributed by atoms with Crippen molar-refractivity contribution < 1.29 is 48.0 Å². The predicted octanol–water partition coefficient (Wildman–Crippen LogP) is 1.77. The van der Waals surface area contributed by atoms with E-state index in [1.807, 2.05) is 12.1 Å². The van der Waals surface area contributed by atoms with Crippen LogP contribution < -0.4 is 24.8 Å². The smallest absolute Gasteiger partial charge is 1.00 e. The van der Waals surface area contributed by atoms with Crippen LogP contribution in [0.4, 0.5) is 0 Å². The van der Waals surface area contributed by atoms with Crippen LogP contribution >= 0.6 is 46.4 Å². The quantitative estimate of drug-likeness (QED) is 0.414. The number of allylic oxidation sites excluding steroid dienone is 2. The van der Waals surface area contributed by atoms with Gasteiger partial charge in [-0.3, -0.25) is 0 Å². The molecule has 0 bridgehead atoms. The predicted molar refractivity (Wildman–Crippen MR) is 112 cm³/mol. The molecule has 2 aliphatic carbocycles. The van der Waals surface area contributed by atoms with Crippen molar-refractivity contribution in [1.29, 1.82) is 0 Å². The Kier molecular flexibility index (Phi) is 6.72. The molecular weight excluding hydrogens is 572 g/mol. The van der Waals surface area contributed by atoms with Crippen molar-refractivity contribution in [3.05, 3.63) is 77.0 Å². The first-order chi connectivity index (χ1) is 12.3. The van der Waals surface area contributed by atoms with Crippen molar-refractivity contribution in [2.24, 2.45) is 0 Å². The molecule has 0 nitrogen and oxygen atoms in total. The van der Waals surface area contributed by atoms with Gasteiger partial charge in [0.25, 0.3) is 0 Å². The van der Waals surface area contributed by atoms with Gasteiger partial charge in [-0.1, -0.05) is 0 Å². The maximum Gasteiger partial charge on any atom is -1.00 e. The maximum absolute atomic E-state index is 6.36. The van der Waals surface area contributed by atoms with Crippen molar-refractivity contribution in [3.8, 4) is 0 Å². The van der Waals surface area contributed by atoms with Crippen LogP contribution in [0.3, 0.4) is 0 Å². The zero-order chi connectivity index (χ0) is 18.4. The number of fused-ring (bicyclic) bond motifs is 6. The van der Waals surface area contributed by atoms with Gasteiger partial charge in [0.2, 0.25) is 0 Å². The molecule has 2 aromatic rings. The molecule has 3 aliphatic rings. The Morgan fingerprint density at radius 2 is 1.04 bits per heavy atom. The molecule has 0 saturated carbocycles. The van der Waals surface area contributed by atoms with Gasteiger partial charge in [0.05, 0.1) is 0 Å².